The van der Waals surface area contributed by atoms with Crippen LogP contribution in [0, 0.1) is 11.8 Å². The summed E-state index contributed by atoms with van der Waals surface area (Å²) in [5.74, 6) is 6.38. The van der Waals surface area contributed by atoms with Gasteiger partial charge in [0.15, 0.2) is 18.1 Å². The first-order valence-electron chi connectivity index (χ1n) is 9.50. The van der Waals surface area contributed by atoms with Gasteiger partial charge in [0.1, 0.15) is 0 Å². The second-order valence-electron chi connectivity index (χ2n) is 8.21. The molecule has 5 heteroatoms. The number of nitrogens with zero attached hydrogens (tertiary/aromatic N) is 1. The van der Waals surface area contributed by atoms with Crippen LogP contribution >= 0.6 is 0 Å². The van der Waals surface area contributed by atoms with Crippen molar-refractivity contribution in [3.05, 3.63) is 53.9 Å². The first-order chi connectivity index (χ1) is 12.5. The van der Waals surface area contributed by atoms with E-state index in [9.17, 15) is 8.42 Å². The van der Waals surface area contributed by atoms with E-state index in [0.29, 0.717) is 21.5 Å². The van der Waals surface area contributed by atoms with E-state index in [1.807, 2.05) is 0 Å². The molecule has 0 atom stereocenters. The summed E-state index contributed by atoms with van der Waals surface area (Å²) in [7, 11) is -4.91. The summed E-state index contributed by atoms with van der Waals surface area (Å²) in [4.78, 5) is 0.320. The molecule has 0 bridgehead atoms. The van der Waals surface area contributed by atoms with Crippen molar-refractivity contribution in [1.82, 2.24) is 4.23 Å². The minimum atomic E-state index is -3.17. The summed E-state index contributed by atoms with van der Waals surface area (Å²) in [6.07, 6.45) is 5.61. The standard InChI is InChI=1S/C22H31NO2SSi/c1-17(2)27(18(3)4,19(5)6)23-15-14-21(16-23)9-8-20-10-12-22(13-11-20)26(7,24)25/h10-19H,1-7H3. The van der Waals surface area contributed by atoms with Crippen molar-refractivity contribution in [1.29, 1.82) is 0 Å². The number of hydrogen-bond donors (Lipinski definition) is 0. The Morgan fingerprint density at radius 1 is 0.815 bits per heavy atom. The zero-order valence-electron chi connectivity index (χ0n) is 17.4. The second kappa shape index (κ2) is 8.08. The average molecular weight is 402 g/mol. The molecule has 0 aliphatic rings. The lowest BCUT2D eigenvalue weighted by atomic mass is 10.2. The maximum atomic E-state index is 11.6. The summed E-state index contributed by atoms with van der Waals surface area (Å²) < 4.78 is 25.6. The molecule has 1 aromatic heterocycles. The Morgan fingerprint density at radius 3 is 1.74 bits per heavy atom. The van der Waals surface area contributed by atoms with Crippen LogP contribution in [-0.2, 0) is 9.84 Å². The molecule has 0 radical (unpaired) electrons. The molecule has 1 aromatic carbocycles. The van der Waals surface area contributed by atoms with Crippen LogP contribution in [0.4, 0.5) is 0 Å². The van der Waals surface area contributed by atoms with Gasteiger partial charge in [0.25, 0.3) is 0 Å². The van der Waals surface area contributed by atoms with Crippen LogP contribution in [-0.4, -0.2) is 27.1 Å². The van der Waals surface area contributed by atoms with Gasteiger partial charge in [0, 0.05) is 23.6 Å². The zero-order valence-corrected chi connectivity index (χ0v) is 19.3. The number of rotatable bonds is 5. The Balaban J connectivity index is 2.35. The van der Waals surface area contributed by atoms with Gasteiger partial charge in [-0.1, -0.05) is 53.4 Å². The van der Waals surface area contributed by atoms with E-state index in [2.05, 4.69) is 76.1 Å². The second-order valence-corrected chi connectivity index (χ2v) is 16.0. The van der Waals surface area contributed by atoms with E-state index in [1.165, 1.54) is 6.26 Å². The molecule has 2 aromatic rings. The van der Waals surface area contributed by atoms with Crippen LogP contribution in [0.2, 0.25) is 16.6 Å². The molecular formula is C22H31NO2SSi. The highest BCUT2D eigenvalue weighted by atomic mass is 32.2. The van der Waals surface area contributed by atoms with Crippen molar-refractivity contribution >= 4 is 18.1 Å². The molecule has 0 amide bonds. The Morgan fingerprint density at radius 2 is 1.30 bits per heavy atom. The average Bonchev–Trinajstić information content (AvgIpc) is 3.01. The molecule has 0 unspecified atom stereocenters. The van der Waals surface area contributed by atoms with Gasteiger partial charge in [-0.25, -0.2) is 8.42 Å². The van der Waals surface area contributed by atoms with Crippen LogP contribution in [0.15, 0.2) is 47.6 Å². The highest BCUT2D eigenvalue weighted by molar-refractivity contribution is 7.90. The van der Waals surface area contributed by atoms with Crippen LogP contribution < -0.4 is 0 Å². The van der Waals surface area contributed by atoms with Gasteiger partial charge in [0.2, 0.25) is 0 Å². The summed E-state index contributed by atoms with van der Waals surface area (Å²) in [6.45, 7) is 14.1. The molecule has 0 fully saturated rings. The van der Waals surface area contributed by atoms with Gasteiger partial charge in [-0.2, -0.15) is 0 Å². The zero-order chi connectivity index (χ0) is 20.4. The van der Waals surface area contributed by atoms with Crippen LogP contribution in [0.5, 0.6) is 0 Å². The molecule has 3 nitrogen and oxygen atoms in total. The Kier molecular flexibility index (Phi) is 6.44. The SMILES string of the molecule is CC(C)[Si](C(C)C)(C(C)C)n1ccc(C#Cc2ccc(S(C)(=O)=O)cc2)c1. The van der Waals surface area contributed by atoms with Gasteiger partial charge >= 0.3 is 0 Å². The largest absolute Gasteiger partial charge is 0.378 e. The minimum absolute atomic E-state index is 0.320. The summed E-state index contributed by atoms with van der Waals surface area (Å²) in [5, 5.41) is 0. The van der Waals surface area contributed by atoms with Gasteiger partial charge in [-0.05, 0) is 53.2 Å². The van der Waals surface area contributed by atoms with Crippen molar-refractivity contribution in [2.45, 2.75) is 63.1 Å². The molecule has 0 saturated carbocycles. The maximum absolute atomic E-state index is 11.6. The van der Waals surface area contributed by atoms with E-state index in [0.717, 1.165) is 11.1 Å². The van der Waals surface area contributed by atoms with Crippen molar-refractivity contribution < 1.29 is 8.42 Å². The molecule has 146 valence electrons. The number of hydrogen-bond acceptors (Lipinski definition) is 2. The molecule has 0 spiro atoms. The topological polar surface area (TPSA) is 39.1 Å². The molecular weight excluding hydrogens is 370 g/mol. The predicted molar refractivity (Wildman–Crippen MR) is 116 cm³/mol. The third-order valence-electron chi connectivity index (χ3n) is 5.55. The van der Waals surface area contributed by atoms with Gasteiger partial charge in [0.05, 0.1) is 4.90 Å². The lowest BCUT2D eigenvalue weighted by Crippen LogP contribution is -2.51. The van der Waals surface area contributed by atoms with E-state index in [4.69, 9.17) is 0 Å². The van der Waals surface area contributed by atoms with E-state index in [-0.39, 0.29) is 0 Å². The summed E-state index contributed by atoms with van der Waals surface area (Å²) in [6, 6.07) is 8.83. The molecule has 27 heavy (non-hydrogen) atoms. The fraction of sp³-hybridized carbons (Fsp3) is 0.455. The molecule has 0 aliphatic heterocycles. The minimum Gasteiger partial charge on any atom is -0.378 e. The van der Waals surface area contributed by atoms with Crippen molar-refractivity contribution in [3.8, 4) is 11.8 Å². The Hall–Kier alpha value is -1.77. The number of sulfone groups is 1. The predicted octanol–water partition coefficient (Wildman–Crippen LogP) is 5.32. The lowest BCUT2D eigenvalue weighted by molar-refractivity contribution is 0.602. The van der Waals surface area contributed by atoms with E-state index >= 15 is 0 Å². The lowest BCUT2D eigenvalue weighted by Gasteiger charge is -2.44. The highest BCUT2D eigenvalue weighted by Crippen LogP contribution is 2.42. The fourth-order valence-electron chi connectivity index (χ4n) is 4.54. The normalized spacial score (nSPS) is 12.5. The summed E-state index contributed by atoms with van der Waals surface area (Å²) >= 11 is 0. The van der Waals surface area contributed by atoms with E-state index < -0.39 is 18.1 Å². The maximum Gasteiger partial charge on any atom is 0.175 e. The third-order valence-corrected chi connectivity index (χ3v) is 13.4. The Bertz CT molecular complexity index is 920. The van der Waals surface area contributed by atoms with Gasteiger partial charge < -0.3 is 4.23 Å². The van der Waals surface area contributed by atoms with Crippen molar-refractivity contribution in [2.75, 3.05) is 6.26 Å². The third kappa shape index (κ3) is 4.39. The van der Waals surface area contributed by atoms with E-state index in [1.54, 1.807) is 24.3 Å². The van der Waals surface area contributed by atoms with Crippen molar-refractivity contribution in [2.24, 2.45) is 0 Å². The fourth-order valence-corrected chi connectivity index (χ4v) is 11.7. The van der Waals surface area contributed by atoms with Crippen LogP contribution in [0.25, 0.3) is 0 Å². The summed E-state index contributed by atoms with van der Waals surface area (Å²) in [5.41, 5.74) is 3.72. The molecule has 2 rings (SSSR count). The van der Waals surface area contributed by atoms with Crippen molar-refractivity contribution in [3.63, 3.8) is 0 Å². The molecule has 1 heterocycles. The Labute approximate surface area is 165 Å². The number of benzene rings is 1. The quantitative estimate of drug-likeness (QED) is 0.503. The monoisotopic (exact) mass is 401 g/mol. The smallest absolute Gasteiger partial charge is 0.175 e. The highest BCUT2D eigenvalue weighted by Gasteiger charge is 2.44. The van der Waals surface area contributed by atoms with Crippen LogP contribution in [0.3, 0.4) is 0 Å². The van der Waals surface area contributed by atoms with Gasteiger partial charge in [-0.15, -0.1) is 0 Å². The first kappa shape index (κ1) is 21.5. The number of aromatic nitrogens is 1. The van der Waals surface area contributed by atoms with Crippen LogP contribution in [0.1, 0.15) is 52.7 Å². The van der Waals surface area contributed by atoms with Gasteiger partial charge in [-0.3, -0.25) is 0 Å². The first-order valence-corrected chi connectivity index (χ1v) is 13.6. The molecule has 0 saturated heterocycles. The molecule has 0 N–H and O–H groups in total. The molecule has 0 aliphatic carbocycles.